The van der Waals surface area contributed by atoms with E-state index < -0.39 is 0 Å². The standard InChI is InChI=1S/C20H20N2O/c23-20(12-15-13-21-18-10-4-3-9-17(15)18)22-19-11-5-7-14-6-1-2-8-16(14)19/h1-4,6,8-10,13,19,21H,5,7,11-12H2,(H,22,23)/t19-/m0/s1. The smallest absolute Gasteiger partial charge is 0.224 e. The van der Waals surface area contributed by atoms with Crippen LogP contribution in [0.25, 0.3) is 10.9 Å². The molecule has 1 aliphatic rings. The monoisotopic (exact) mass is 304 g/mol. The Morgan fingerprint density at radius 3 is 2.91 bits per heavy atom. The lowest BCUT2D eigenvalue weighted by Gasteiger charge is -2.26. The molecule has 0 bridgehead atoms. The molecule has 3 aromatic rings. The van der Waals surface area contributed by atoms with E-state index in [9.17, 15) is 4.79 Å². The third-order valence-electron chi connectivity index (χ3n) is 4.73. The van der Waals surface area contributed by atoms with E-state index >= 15 is 0 Å². The van der Waals surface area contributed by atoms with Crippen molar-refractivity contribution in [2.45, 2.75) is 31.7 Å². The summed E-state index contributed by atoms with van der Waals surface area (Å²) in [6.07, 6.45) is 5.64. The zero-order chi connectivity index (χ0) is 15.6. The van der Waals surface area contributed by atoms with E-state index in [1.54, 1.807) is 0 Å². The molecule has 23 heavy (non-hydrogen) atoms. The molecule has 0 saturated heterocycles. The first kappa shape index (κ1) is 14.1. The molecule has 3 nitrogen and oxygen atoms in total. The number of benzene rings is 2. The molecule has 0 spiro atoms. The molecule has 0 aliphatic heterocycles. The quantitative estimate of drug-likeness (QED) is 0.757. The first-order valence-corrected chi connectivity index (χ1v) is 8.23. The van der Waals surface area contributed by atoms with Gasteiger partial charge in [-0.2, -0.15) is 0 Å². The Morgan fingerprint density at radius 2 is 1.96 bits per heavy atom. The molecule has 1 heterocycles. The zero-order valence-corrected chi connectivity index (χ0v) is 13.0. The number of fused-ring (bicyclic) bond motifs is 2. The number of nitrogens with one attached hydrogen (secondary N) is 2. The molecule has 4 rings (SSSR count). The third-order valence-corrected chi connectivity index (χ3v) is 4.73. The number of carbonyl (C=O) groups is 1. The Balaban J connectivity index is 1.51. The predicted molar refractivity (Wildman–Crippen MR) is 92.3 cm³/mol. The molecule has 1 atom stereocenters. The maximum atomic E-state index is 12.5. The van der Waals surface area contributed by atoms with Gasteiger partial charge in [0.25, 0.3) is 0 Å². The normalized spacial score (nSPS) is 17.0. The lowest BCUT2D eigenvalue weighted by molar-refractivity contribution is -0.121. The van der Waals surface area contributed by atoms with Crippen LogP contribution in [0.4, 0.5) is 0 Å². The van der Waals surface area contributed by atoms with Crippen LogP contribution < -0.4 is 5.32 Å². The van der Waals surface area contributed by atoms with Crippen LogP contribution in [0, 0.1) is 0 Å². The predicted octanol–water partition coefficient (Wildman–Crippen LogP) is 3.90. The lowest BCUT2D eigenvalue weighted by atomic mass is 9.87. The Labute approximate surface area is 135 Å². The van der Waals surface area contributed by atoms with Crippen molar-refractivity contribution >= 4 is 16.8 Å². The van der Waals surface area contributed by atoms with Gasteiger partial charge in [0.05, 0.1) is 12.5 Å². The first-order chi connectivity index (χ1) is 11.3. The van der Waals surface area contributed by atoms with E-state index in [2.05, 4.69) is 40.6 Å². The van der Waals surface area contributed by atoms with E-state index in [0.717, 1.165) is 35.7 Å². The summed E-state index contributed by atoms with van der Waals surface area (Å²) in [5.41, 5.74) is 4.79. The van der Waals surface area contributed by atoms with Gasteiger partial charge in [-0.3, -0.25) is 4.79 Å². The van der Waals surface area contributed by atoms with E-state index in [-0.39, 0.29) is 11.9 Å². The summed E-state index contributed by atoms with van der Waals surface area (Å²) in [7, 11) is 0. The minimum absolute atomic E-state index is 0.0939. The fraction of sp³-hybridized carbons (Fsp3) is 0.250. The van der Waals surface area contributed by atoms with E-state index in [0.29, 0.717) is 6.42 Å². The number of hydrogen-bond donors (Lipinski definition) is 2. The van der Waals surface area contributed by atoms with Gasteiger partial charge in [0.1, 0.15) is 0 Å². The molecule has 0 radical (unpaired) electrons. The average Bonchev–Trinajstić information content (AvgIpc) is 2.98. The van der Waals surface area contributed by atoms with E-state index in [1.807, 2.05) is 24.4 Å². The molecule has 2 N–H and O–H groups in total. The maximum absolute atomic E-state index is 12.5. The number of carbonyl (C=O) groups excluding carboxylic acids is 1. The number of para-hydroxylation sites is 1. The molecule has 1 amide bonds. The zero-order valence-electron chi connectivity index (χ0n) is 13.0. The van der Waals surface area contributed by atoms with Crippen molar-refractivity contribution in [1.82, 2.24) is 10.3 Å². The Bertz CT molecular complexity index is 849. The highest BCUT2D eigenvalue weighted by molar-refractivity contribution is 5.89. The van der Waals surface area contributed by atoms with Crippen molar-refractivity contribution in [1.29, 1.82) is 0 Å². The molecule has 1 aromatic heterocycles. The van der Waals surface area contributed by atoms with Gasteiger partial charge in [0.15, 0.2) is 0 Å². The van der Waals surface area contributed by atoms with Crippen molar-refractivity contribution < 1.29 is 4.79 Å². The second-order valence-corrected chi connectivity index (χ2v) is 6.25. The largest absolute Gasteiger partial charge is 0.361 e. The molecule has 0 fully saturated rings. The lowest BCUT2D eigenvalue weighted by Crippen LogP contribution is -2.32. The SMILES string of the molecule is O=C(Cc1c[nH]c2ccccc12)N[C@H]1CCCc2ccccc21. The molecular formula is C20H20N2O. The first-order valence-electron chi connectivity index (χ1n) is 8.23. The minimum Gasteiger partial charge on any atom is -0.361 e. The summed E-state index contributed by atoms with van der Waals surface area (Å²) in [5, 5.41) is 4.36. The highest BCUT2D eigenvalue weighted by Crippen LogP contribution is 2.29. The second-order valence-electron chi connectivity index (χ2n) is 6.25. The number of aryl methyl sites for hydroxylation is 1. The molecule has 1 aliphatic carbocycles. The third kappa shape index (κ3) is 2.74. The summed E-state index contributed by atoms with van der Waals surface area (Å²) in [5.74, 6) is 0.0939. The van der Waals surface area contributed by atoms with Crippen molar-refractivity contribution in [2.24, 2.45) is 0 Å². The number of aromatic amines is 1. The van der Waals surface area contributed by atoms with Crippen molar-refractivity contribution in [2.75, 3.05) is 0 Å². The van der Waals surface area contributed by atoms with Crippen molar-refractivity contribution in [3.05, 3.63) is 71.4 Å². The summed E-state index contributed by atoms with van der Waals surface area (Å²) in [6.45, 7) is 0. The van der Waals surface area contributed by atoms with Crippen LogP contribution in [0.2, 0.25) is 0 Å². The molecule has 116 valence electrons. The van der Waals surface area contributed by atoms with Gasteiger partial charge in [0.2, 0.25) is 5.91 Å². The molecular weight excluding hydrogens is 284 g/mol. The maximum Gasteiger partial charge on any atom is 0.224 e. The van der Waals surface area contributed by atoms with Gasteiger partial charge in [-0.15, -0.1) is 0 Å². The van der Waals surface area contributed by atoms with Gasteiger partial charge >= 0.3 is 0 Å². The topological polar surface area (TPSA) is 44.9 Å². The average molecular weight is 304 g/mol. The van der Waals surface area contributed by atoms with Crippen LogP contribution in [0.5, 0.6) is 0 Å². The minimum atomic E-state index is 0.0939. The van der Waals surface area contributed by atoms with E-state index in [1.165, 1.54) is 11.1 Å². The summed E-state index contributed by atoms with van der Waals surface area (Å²) in [4.78, 5) is 15.7. The fourth-order valence-corrected chi connectivity index (χ4v) is 3.60. The summed E-state index contributed by atoms with van der Waals surface area (Å²) < 4.78 is 0. The molecule has 3 heteroatoms. The molecule has 2 aromatic carbocycles. The van der Waals surface area contributed by atoms with Crippen LogP contribution in [0.15, 0.2) is 54.7 Å². The second kappa shape index (κ2) is 5.92. The fourth-order valence-electron chi connectivity index (χ4n) is 3.60. The Morgan fingerprint density at radius 1 is 1.13 bits per heavy atom. The number of amides is 1. The Hall–Kier alpha value is -2.55. The van der Waals surface area contributed by atoms with Gasteiger partial charge < -0.3 is 10.3 Å². The highest BCUT2D eigenvalue weighted by atomic mass is 16.1. The molecule has 0 unspecified atom stereocenters. The number of aromatic nitrogens is 1. The van der Waals surface area contributed by atoms with Gasteiger partial charge in [-0.1, -0.05) is 42.5 Å². The van der Waals surface area contributed by atoms with Crippen molar-refractivity contribution in [3.8, 4) is 0 Å². The highest BCUT2D eigenvalue weighted by Gasteiger charge is 2.21. The van der Waals surface area contributed by atoms with Crippen LogP contribution in [-0.2, 0) is 17.6 Å². The van der Waals surface area contributed by atoms with E-state index in [4.69, 9.17) is 0 Å². The summed E-state index contributed by atoms with van der Waals surface area (Å²) >= 11 is 0. The van der Waals surface area contributed by atoms with Crippen molar-refractivity contribution in [3.63, 3.8) is 0 Å². The van der Waals surface area contributed by atoms with Gasteiger partial charge in [-0.25, -0.2) is 0 Å². The van der Waals surface area contributed by atoms with Gasteiger partial charge in [-0.05, 0) is 42.0 Å². The number of rotatable bonds is 3. The van der Waals surface area contributed by atoms with Crippen LogP contribution in [-0.4, -0.2) is 10.9 Å². The number of hydrogen-bond acceptors (Lipinski definition) is 1. The van der Waals surface area contributed by atoms with Crippen LogP contribution in [0.3, 0.4) is 0 Å². The molecule has 0 saturated carbocycles. The summed E-state index contributed by atoms with van der Waals surface area (Å²) in [6, 6.07) is 16.7. The van der Waals surface area contributed by atoms with Gasteiger partial charge in [0, 0.05) is 17.1 Å². The van der Waals surface area contributed by atoms with Crippen LogP contribution in [0.1, 0.15) is 35.6 Å². The van der Waals surface area contributed by atoms with Crippen LogP contribution >= 0.6 is 0 Å². The number of H-pyrrole nitrogens is 1. The Kier molecular flexibility index (Phi) is 3.62.